The van der Waals surface area contributed by atoms with Crippen LogP contribution in [0.4, 0.5) is 11.6 Å². The number of fused-ring (bicyclic) bond motifs is 1. The van der Waals surface area contributed by atoms with Gasteiger partial charge in [-0.2, -0.15) is 0 Å². The minimum atomic E-state index is 0.563. The molecule has 0 bridgehead atoms. The van der Waals surface area contributed by atoms with Crippen molar-refractivity contribution in [1.29, 1.82) is 0 Å². The molecule has 1 aliphatic rings. The predicted molar refractivity (Wildman–Crippen MR) is 136 cm³/mol. The van der Waals surface area contributed by atoms with Crippen molar-refractivity contribution in [1.82, 2.24) is 24.3 Å². The van der Waals surface area contributed by atoms with Gasteiger partial charge < -0.3 is 15.1 Å². The number of nitrogens with one attached hydrogen (secondary N) is 1. The molecule has 0 radical (unpaired) electrons. The van der Waals surface area contributed by atoms with E-state index in [0.29, 0.717) is 6.54 Å². The Labute approximate surface area is 195 Å². The van der Waals surface area contributed by atoms with Gasteiger partial charge in [0.1, 0.15) is 5.82 Å². The van der Waals surface area contributed by atoms with Gasteiger partial charge in [-0.1, -0.05) is 12.7 Å². The maximum atomic E-state index is 4.65. The van der Waals surface area contributed by atoms with Crippen LogP contribution in [0.25, 0.3) is 5.65 Å². The summed E-state index contributed by atoms with van der Waals surface area (Å²) in [6.07, 6.45) is 9.60. The lowest BCUT2D eigenvalue weighted by Crippen LogP contribution is -2.44. The van der Waals surface area contributed by atoms with Crippen molar-refractivity contribution in [3.8, 4) is 0 Å². The van der Waals surface area contributed by atoms with Crippen LogP contribution in [0, 0.1) is 6.92 Å². The Morgan fingerprint density at radius 3 is 2.70 bits per heavy atom. The van der Waals surface area contributed by atoms with Crippen molar-refractivity contribution < 1.29 is 0 Å². The number of pyridine rings is 1. The van der Waals surface area contributed by atoms with Crippen LogP contribution in [0.2, 0.25) is 0 Å². The topological polar surface area (TPSA) is 74.0 Å². The maximum Gasteiger partial charge on any atom is 0.181 e. The highest BCUT2D eigenvalue weighted by atomic mass is 15.3. The molecule has 0 saturated carbocycles. The van der Waals surface area contributed by atoms with Crippen LogP contribution in [0.5, 0.6) is 0 Å². The molecule has 1 fully saturated rings. The average molecular weight is 445 g/mol. The molecule has 4 heterocycles. The van der Waals surface area contributed by atoms with Gasteiger partial charge >= 0.3 is 0 Å². The SMILES string of the molecule is C=C(/C=C(C)\C(=N/C)c1ccnc(C)c1)CNc1nccn2c(N3CCN(C)CC3)cnc12. The number of allylic oxidation sites excluding steroid dienone is 1. The molecule has 3 aromatic heterocycles. The van der Waals surface area contributed by atoms with Gasteiger partial charge in [0.2, 0.25) is 0 Å². The fraction of sp³-hybridized carbons (Fsp3) is 0.360. The van der Waals surface area contributed by atoms with Crippen molar-refractivity contribution in [2.45, 2.75) is 13.8 Å². The van der Waals surface area contributed by atoms with Crippen LogP contribution in [0.3, 0.4) is 0 Å². The number of rotatable bonds is 7. The van der Waals surface area contributed by atoms with Gasteiger partial charge in [0.25, 0.3) is 0 Å². The normalized spacial score (nSPS) is 15.8. The molecule has 0 amide bonds. The summed E-state index contributed by atoms with van der Waals surface area (Å²) in [5, 5.41) is 3.41. The molecule has 4 rings (SSSR count). The lowest BCUT2D eigenvalue weighted by atomic mass is 10.0. The molecular formula is C25H32N8. The van der Waals surface area contributed by atoms with Gasteiger partial charge in [-0.15, -0.1) is 0 Å². The number of hydrogen-bond donors (Lipinski definition) is 1. The number of likely N-dealkylation sites (N-methyl/N-ethyl adjacent to an activating group) is 1. The minimum Gasteiger partial charge on any atom is -0.363 e. The number of aromatic nitrogens is 4. The standard InChI is InChI=1S/C25H32N8/c1-18(14-19(2)23(26-4)21-6-7-27-20(3)15-21)16-29-24-25-30-17-22(33(25)9-8-28-24)32-12-10-31(5)11-13-32/h6-9,14-15,17H,1,10-13,16H2,2-5H3,(H,28,29)/b19-14-,26-23+. The van der Waals surface area contributed by atoms with Crippen LogP contribution < -0.4 is 10.2 Å². The number of aliphatic imine (C=N–C) groups is 1. The number of nitrogens with zero attached hydrogens (tertiary/aromatic N) is 7. The molecule has 3 aromatic rings. The van der Waals surface area contributed by atoms with E-state index >= 15 is 0 Å². The number of anilines is 2. The molecule has 8 heteroatoms. The van der Waals surface area contributed by atoms with E-state index in [1.807, 2.05) is 50.9 Å². The first-order valence-electron chi connectivity index (χ1n) is 11.2. The number of piperazine rings is 1. The zero-order valence-electron chi connectivity index (χ0n) is 19.9. The third kappa shape index (κ3) is 5.12. The molecule has 1 aliphatic heterocycles. The average Bonchev–Trinajstić information content (AvgIpc) is 3.23. The van der Waals surface area contributed by atoms with Gasteiger partial charge in [0, 0.05) is 69.6 Å². The monoisotopic (exact) mass is 444 g/mol. The highest BCUT2D eigenvalue weighted by molar-refractivity contribution is 6.12. The highest BCUT2D eigenvalue weighted by Gasteiger charge is 2.18. The highest BCUT2D eigenvalue weighted by Crippen LogP contribution is 2.22. The Morgan fingerprint density at radius 1 is 1.18 bits per heavy atom. The van der Waals surface area contributed by atoms with Crippen LogP contribution >= 0.6 is 0 Å². The second-order valence-corrected chi connectivity index (χ2v) is 8.47. The first-order chi connectivity index (χ1) is 16.0. The Morgan fingerprint density at radius 2 is 1.97 bits per heavy atom. The van der Waals surface area contributed by atoms with Crippen LogP contribution in [0.15, 0.2) is 65.7 Å². The summed E-state index contributed by atoms with van der Waals surface area (Å²) in [5.74, 6) is 1.86. The van der Waals surface area contributed by atoms with Crippen molar-refractivity contribution in [3.05, 3.63) is 72.0 Å². The molecule has 0 atom stereocenters. The van der Waals surface area contributed by atoms with E-state index in [4.69, 9.17) is 0 Å². The largest absolute Gasteiger partial charge is 0.363 e. The van der Waals surface area contributed by atoms with E-state index in [2.05, 4.69) is 66.1 Å². The summed E-state index contributed by atoms with van der Waals surface area (Å²) >= 11 is 0. The molecular weight excluding hydrogens is 412 g/mol. The smallest absolute Gasteiger partial charge is 0.181 e. The number of imidazole rings is 1. The minimum absolute atomic E-state index is 0.563. The van der Waals surface area contributed by atoms with Crippen LogP contribution in [-0.2, 0) is 0 Å². The molecule has 0 spiro atoms. The van der Waals surface area contributed by atoms with Gasteiger partial charge in [-0.25, -0.2) is 9.97 Å². The summed E-state index contributed by atoms with van der Waals surface area (Å²) in [5.41, 5.74) is 5.78. The Kier molecular flexibility index (Phi) is 6.84. The Hall–Kier alpha value is -3.52. The number of aryl methyl sites for hydroxylation is 1. The molecule has 1 N–H and O–H groups in total. The summed E-state index contributed by atoms with van der Waals surface area (Å²) in [4.78, 5) is 22.7. The first-order valence-corrected chi connectivity index (χ1v) is 11.2. The van der Waals surface area contributed by atoms with E-state index in [9.17, 15) is 0 Å². The van der Waals surface area contributed by atoms with E-state index in [0.717, 1.165) is 71.6 Å². The molecule has 0 aromatic carbocycles. The van der Waals surface area contributed by atoms with Crippen molar-refractivity contribution in [2.24, 2.45) is 4.99 Å². The fourth-order valence-electron chi connectivity index (χ4n) is 4.15. The zero-order chi connectivity index (χ0) is 23.4. The summed E-state index contributed by atoms with van der Waals surface area (Å²) in [6.45, 7) is 12.9. The van der Waals surface area contributed by atoms with Crippen molar-refractivity contribution in [2.75, 3.05) is 57.0 Å². The van der Waals surface area contributed by atoms with Gasteiger partial charge in [-0.05, 0) is 44.2 Å². The van der Waals surface area contributed by atoms with Crippen LogP contribution in [-0.4, -0.2) is 76.8 Å². The Bertz CT molecular complexity index is 1200. The molecule has 33 heavy (non-hydrogen) atoms. The lowest BCUT2D eigenvalue weighted by Gasteiger charge is -2.33. The third-order valence-electron chi connectivity index (χ3n) is 5.91. The Balaban J connectivity index is 1.46. The van der Waals surface area contributed by atoms with Crippen molar-refractivity contribution >= 4 is 23.0 Å². The predicted octanol–water partition coefficient (Wildman–Crippen LogP) is 3.22. The van der Waals surface area contributed by atoms with E-state index in [1.54, 1.807) is 0 Å². The van der Waals surface area contributed by atoms with Crippen molar-refractivity contribution in [3.63, 3.8) is 0 Å². The summed E-state index contributed by atoms with van der Waals surface area (Å²) in [6, 6.07) is 4.02. The van der Waals surface area contributed by atoms with Gasteiger partial charge in [0.15, 0.2) is 11.5 Å². The summed E-state index contributed by atoms with van der Waals surface area (Å²) < 4.78 is 2.11. The summed E-state index contributed by atoms with van der Waals surface area (Å²) in [7, 11) is 3.97. The van der Waals surface area contributed by atoms with E-state index in [-0.39, 0.29) is 0 Å². The lowest BCUT2D eigenvalue weighted by molar-refractivity contribution is 0.312. The number of hydrogen-bond acceptors (Lipinski definition) is 7. The molecule has 0 aliphatic carbocycles. The molecule has 1 saturated heterocycles. The second-order valence-electron chi connectivity index (χ2n) is 8.47. The first kappa shape index (κ1) is 22.7. The second kappa shape index (κ2) is 9.95. The van der Waals surface area contributed by atoms with Gasteiger partial charge in [0.05, 0.1) is 11.9 Å². The molecule has 172 valence electrons. The quantitative estimate of drug-likeness (QED) is 0.446. The van der Waals surface area contributed by atoms with E-state index < -0.39 is 0 Å². The third-order valence-corrected chi connectivity index (χ3v) is 5.91. The van der Waals surface area contributed by atoms with Crippen LogP contribution in [0.1, 0.15) is 18.2 Å². The molecule has 8 nitrogen and oxygen atoms in total. The van der Waals surface area contributed by atoms with E-state index in [1.165, 1.54) is 0 Å². The molecule has 0 unspecified atom stereocenters. The maximum absolute atomic E-state index is 4.65. The van der Waals surface area contributed by atoms with Gasteiger partial charge in [-0.3, -0.25) is 14.4 Å². The zero-order valence-corrected chi connectivity index (χ0v) is 19.9. The fourth-order valence-corrected chi connectivity index (χ4v) is 4.15.